The van der Waals surface area contributed by atoms with Gasteiger partial charge in [0.2, 0.25) is 18.0 Å². The molecule has 42 heavy (non-hydrogen) atoms. The van der Waals surface area contributed by atoms with E-state index in [2.05, 4.69) is 15.2 Å². The van der Waals surface area contributed by atoms with Crippen molar-refractivity contribution in [3.05, 3.63) is 70.1 Å². The van der Waals surface area contributed by atoms with Crippen molar-refractivity contribution >= 4 is 0 Å². The molecule has 4 unspecified atom stereocenters. The molecule has 1 aromatic carbocycles. The van der Waals surface area contributed by atoms with Gasteiger partial charge in [0.15, 0.2) is 23.2 Å². The van der Waals surface area contributed by atoms with E-state index in [9.17, 15) is 70.2 Å². The third kappa shape index (κ3) is 5.05. The topological polar surface area (TPSA) is 70.5 Å². The molecular formula is C21H9F17N2O2. The van der Waals surface area contributed by atoms with Crippen LogP contribution in [0, 0.1) is 11.6 Å². The van der Waals surface area contributed by atoms with Gasteiger partial charge in [0, 0.05) is 18.2 Å². The molecule has 0 saturated heterocycles. The van der Waals surface area contributed by atoms with Crippen LogP contribution in [0.15, 0.2) is 52.9 Å². The van der Waals surface area contributed by atoms with E-state index in [0.717, 1.165) is 0 Å². The van der Waals surface area contributed by atoms with Crippen LogP contribution in [-0.4, -0.2) is 35.9 Å². The summed E-state index contributed by atoms with van der Waals surface area (Å²) in [6, 6.07) is -0.632. The molecule has 0 radical (unpaired) electrons. The van der Waals surface area contributed by atoms with Crippen LogP contribution in [0.25, 0.3) is 0 Å². The minimum absolute atomic E-state index is 0.632. The van der Waals surface area contributed by atoms with Crippen LogP contribution in [0.1, 0.15) is 5.56 Å². The molecule has 0 spiro atoms. The Morgan fingerprint density at radius 1 is 0.643 bits per heavy atom. The predicted octanol–water partition coefficient (Wildman–Crippen LogP) is 7.03. The van der Waals surface area contributed by atoms with Crippen LogP contribution in [0.3, 0.4) is 0 Å². The fourth-order valence-corrected chi connectivity index (χ4v) is 3.53. The van der Waals surface area contributed by atoms with Crippen molar-refractivity contribution in [1.82, 2.24) is 0 Å². The molecule has 21 heteroatoms. The van der Waals surface area contributed by atoms with Gasteiger partial charge in [0.1, 0.15) is 23.0 Å². The molecule has 4 N–H and O–H groups in total. The maximum Gasteiger partial charge on any atom is 0.432 e. The van der Waals surface area contributed by atoms with Gasteiger partial charge in [0.05, 0.1) is 11.4 Å². The molecule has 1 aromatic rings. The average Bonchev–Trinajstić information content (AvgIpc) is 2.81. The molecule has 4 atom stereocenters. The van der Waals surface area contributed by atoms with Crippen molar-refractivity contribution in [1.29, 1.82) is 0 Å². The Kier molecular flexibility index (Phi) is 7.70. The SMILES string of the molecule is NC1=C(F)C(Oc2cc(F)c(C(F)(F)F)c(OC3C(F)=CC(F)(C(F)(F)F)C(N)=C3F)c2F)C(F)=CC1(F)C(F)(F)F. The van der Waals surface area contributed by atoms with Crippen LogP contribution in [0.4, 0.5) is 74.6 Å². The van der Waals surface area contributed by atoms with Crippen LogP contribution in [0.2, 0.25) is 0 Å². The van der Waals surface area contributed by atoms with Crippen molar-refractivity contribution < 1.29 is 84.1 Å². The third-order valence-corrected chi connectivity index (χ3v) is 5.66. The quantitative estimate of drug-likeness (QED) is 0.346. The number of hydrogen-bond acceptors (Lipinski definition) is 4. The molecule has 2 aliphatic rings. The number of nitrogens with two attached hydrogens (primary N) is 2. The van der Waals surface area contributed by atoms with Gasteiger partial charge in [-0.1, -0.05) is 0 Å². The Hall–Kier alpha value is -3.81. The largest absolute Gasteiger partial charge is 0.473 e. The molecule has 0 saturated carbocycles. The second-order valence-electron chi connectivity index (χ2n) is 8.37. The zero-order chi connectivity index (χ0) is 32.5. The number of halogens is 17. The molecule has 0 heterocycles. The van der Waals surface area contributed by atoms with E-state index in [-0.39, 0.29) is 0 Å². The predicted molar refractivity (Wildman–Crippen MR) is 103 cm³/mol. The lowest BCUT2D eigenvalue weighted by molar-refractivity contribution is -0.201. The first kappa shape index (κ1) is 32.7. The zero-order valence-electron chi connectivity index (χ0n) is 19.3. The van der Waals surface area contributed by atoms with Crippen LogP contribution >= 0.6 is 0 Å². The van der Waals surface area contributed by atoms with Crippen molar-refractivity contribution in [2.45, 2.75) is 42.1 Å². The minimum atomic E-state index is -6.15. The summed E-state index contributed by atoms with van der Waals surface area (Å²) in [6.45, 7) is 0. The van der Waals surface area contributed by atoms with Gasteiger partial charge in [-0.05, 0) is 0 Å². The van der Waals surface area contributed by atoms with E-state index >= 15 is 4.39 Å². The van der Waals surface area contributed by atoms with Crippen LogP contribution < -0.4 is 20.9 Å². The van der Waals surface area contributed by atoms with Crippen molar-refractivity contribution in [2.75, 3.05) is 0 Å². The first-order valence-corrected chi connectivity index (χ1v) is 10.3. The second-order valence-corrected chi connectivity index (χ2v) is 8.37. The summed E-state index contributed by atoms with van der Waals surface area (Å²) in [7, 11) is 0. The van der Waals surface area contributed by atoms with E-state index in [1.807, 2.05) is 0 Å². The molecule has 2 aliphatic carbocycles. The van der Waals surface area contributed by atoms with Gasteiger partial charge >= 0.3 is 18.5 Å². The van der Waals surface area contributed by atoms with Gasteiger partial charge in [-0.3, -0.25) is 0 Å². The van der Waals surface area contributed by atoms with Crippen LogP contribution in [-0.2, 0) is 6.18 Å². The second kappa shape index (κ2) is 9.89. The Bertz CT molecular complexity index is 1420. The maximum absolute atomic E-state index is 15.1. The molecule has 0 bridgehead atoms. The molecule has 0 aromatic heterocycles. The minimum Gasteiger partial charge on any atom is -0.473 e. The van der Waals surface area contributed by atoms with E-state index in [4.69, 9.17) is 5.73 Å². The summed E-state index contributed by atoms with van der Waals surface area (Å²) in [5, 5.41) is 0. The lowest BCUT2D eigenvalue weighted by atomic mass is 9.92. The zero-order valence-corrected chi connectivity index (χ0v) is 19.3. The van der Waals surface area contributed by atoms with E-state index in [0.29, 0.717) is 0 Å². The highest BCUT2D eigenvalue weighted by Crippen LogP contribution is 2.50. The first-order chi connectivity index (χ1) is 18.8. The number of rotatable bonds is 4. The van der Waals surface area contributed by atoms with Crippen molar-refractivity contribution in [3.8, 4) is 11.5 Å². The van der Waals surface area contributed by atoms with E-state index in [1.165, 1.54) is 0 Å². The number of ether oxygens (including phenoxy) is 2. The monoisotopic (exact) mass is 644 g/mol. The van der Waals surface area contributed by atoms with Crippen molar-refractivity contribution in [3.63, 3.8) is 0 Å². The van der Waals surface area contributed by atoms with Gasteiger partial charge in [0.25, 0.3) is 11.3 Å². The normalized spacial score (nSPS) is 27.6. The fourth-order valence-electron chi connectivity index (χ4n) is 3.53. The molecule has 4 nitrogen and oxygen atoms in total. The lowest BCUT2D eigenvalue weighted by Gasteiger charge is -2.32. The summed E-state index contributed by atoms with van der Waals surface area (Å²) in [5.41, 5.74) is -8.55. The summed E-state index contributed by atoms with van der Waals surface area (Å²) in [4.78, 5) is 0. The molecule has 3 rings (SSSR count). The van der Waals surface area contributed by atoms with E-state index < -0.39 is 124 Å². The number of hydrogen-bond donors (Lipinski definition) is 2. The molecule has 0 fully saturated rings. The smallest absolute Gasteiger partial charge is 0.432 e. The average molecular weight is 644 g/mol. The molecule has 0 amide bonds. The Morgan fingerprint density at radius 3 is 1.38 bits per heavy atom. The Labute approximate surface area is 220 Å². The standard InChI is InChI=1S/C21H9F17N2O2/c22-4-1-7(41-12-5(23)2-17(28,20(33,34)35)15(39)10(12)26)9(25)14(8(4)19(30,31)32)42-13-6(24)3-18(29,21(36,37)38)16(40)11(13)27/h1-3,12-13H,39-40H2. The van der Waals surface area contributed by atoms with Crippen molar-refractivity contribution in [2.24, 2.45) is 11.5 Å². The van der Waals surface area contributed by atoms with Gasteiger partial charge < -0.3 is 20.9 Å². The highest BCUT2D eigenvalue weighted by Gasteiger charge is 2.62. The summed E-state index contributed by atoms with van der Waals surface area (Å²) in [5.74, 6) is -21.0. The summed E-state index contributed by atoms with van der Waals surface area (Å²) >= 11 is 0. The number of alkyl halides is 11. The Balaban J connectivity index is 2.16. The van der Waals surface area contributed by atoms with E-state index in [1.54, 1.807) is 0 Å². The lowest BCUT2D eigenvalue weighted by Crippen LogP contribution is -2.48. The first-order valence-electron chi connectivity index (χ1n) is 10.3. The summed E-state index contributed by atoms with van der Waals surface area (Å²) < 4.78 is 242. The van der Waals surface area contributed by atoms with Gasteiger partial charge in [-0.25, -0.2) is 30.7 Å². The number of allylic oxidation sites excluding steroid dienone is 2. The summed E-state index contributed by atoms with van der Waals surface area (Å²) in [6.07, 6.45) is -27.3. The highest BCUT2D eigenvalue weighted by molar-refractivity contribution is 5.49. The molecule has 234 valence electrons. The Morgan fingerprint density at radius 2 is 1.02 bits per heavy atom. The number of benzene rings is 1. The molecule has 0 aliphatic heterocycles. The maximum atomic E-state index is 15.1. The van der Waals surface area contributed by atoms with Gasteiger partial charge in [-0.15, -0.1) is 0 Å². The highest BCUT2D eigenvalue weighted by atomic mass is 19.4. The van der Waals surface area contributed by atoms with Gasteiger partial charge in [-0.2, -0.15) is 43.9 Å². The third-order valence-electron chi connectivity index (χ3n) is 5.66. The van der Waals surface area contributed by atoms with Crippen LogP contribution in [0.5, 0.6) is 11.5 Å². The fraction of sp³-hybridized carbons (Fsp3) is 0.333. The molecular weight excluding hydrogens is 635 g/mol.